The molecular weight excluding hydrogens is 80.0 g/mol. The topological polar surface area (TPSA) is 58.6 Å². The van der Waals surface area contributed by atoms with Gasteiger partial charge in [0.25, 0.3) is 0 Å². The van der Waals surface area contributed by atoms with Gasteiger partial charge in [-0.15, -0.1) is 0 Å². The van der Waals surface area contributed by atoms with Crippen LogP contribution in [0.3, 0.4) is 0 Å². The van der Waals surface area contributed by atoms with E-state index in [0.29, 0.717) is 5.71 Å². The number of hydrazone groups is 1. The molecule has 3 N–H and O–H groups in total. The summed E-state index contributed by atoms with van der Waals surface area (Å²) < 4.78 is 0. The van der Waals surface area contributed by atoms with Crippen molar-refractivity contribution in [1.29, 1.82) is 0 Å². The van der Waals surface area contributed by atoms with Gasteiger partial charge in [-0.3, -0.25) is 0 Å². The molecule has 0 aromatic carbocycles. The Kier molecular flexibility index (Phi) is 2.40. The highest BCUT2D eigenvalue weighted by Crippen LogP contribution is 1.63. The largest absolute Gasteiger partial charge is 0.390 e. The lowest BCUT2D eigenvalue weighted by molar-refractivity contribution is 0.356. The van der Waals surface area contributed by atoms with Crippen molar-refractivity contribution in [3.8, 4) is 0 Å². The number of aliphatic hydroxyl groups is 1. The van der Waals surface area contributed by atoms with Crippen LogP contribution in [0, 0.1) is 0 Å². The van der Waals surface area contributed by atoms with Crippen molar-refractivity contribution in [2.45, 2.75) is 6.92 Å². The zero-order valence-corrected chi connectivity index (χ0v) is 3.68. The fraction of sp³-hybridized carbons (Fsp3) is 0.667. The summed E-state index contributed by atoms with van der Waals surface area (Å²) in [6.45, 7) is 1.61. The summed E-state index contributed by atoms with van der Waals surface area (Å²) >= 11 is 0. The van der Waals surface area contributed by atoms with E-state index >= 15 is 0 Å². The summed E-state index contributed by atoms with van der Waals surface area (Å²) in [5.74, 6) is 4.71. The maximum Gasteiger partial charge on any atom is 0.0828 e. The number of hydrogen-bond acceptors (Lipinski definition) is 3. The molecule has 0 aromatic rings. The van der Waals surface area contributed by atoms with Crippen LogP contribution in [0.25, 0.3) is 0 Å². The van der Waals surface area contributed by atoms with Gasteiger partial charge in [-0.05, 0) is 6.92 Å². The molecule has 0 fully saturated rings. The average Bonchev–Trinajstić information content (AvgIpc) is 1.65. The molecule has 0 aliphatic heterocycles. The average molecular weight is 88.1 g/mol. The van der Waals surface area contributed by atoms with Crippen LogP contribution in [0.2, 0.25) is 0 Å². The molecule has 0 bridgehead atoms. The SMILES string of the molecule is C/C(CO)=N/N. The third-order valence-corrected chi connectivity index (χ3v) is 0.449. The third kappa shape index (κ3) is 1.72. The van der Waals surface area contributed by atoms with Gasteiger partial charge in [0.15, 0.2) is 0 Å². The minimum Gasteiger partial charge on any atom is -0.390 e. The third-order valence-electron chi connectivity index (χ3n) is 0.449. The zero-order chi connectivity index (χ0) is 4.99. The van der Waals surface area contributed by atoms with Crippen LogP contribution in [-0.2, 0) is 0 Å². The second-order valence-electron chi connectivity index (χ2n) is 1.02. The van der Waals surface area contributed by atoms with E-state index in [2.05, 4.69) is 5.10 Å². The fourth-order valence-electron chi connectivity index (χ4n) is 0.0408. The quantitative estimate of drug-likeness (QED) is 0.253. The number of aliphatic hydroxyl groups excluding tert-OH is 1. The molecule has 3 nitrogen and oxygen atoms in total. The molecule has 3 heteroatoms. The van der Waals surface area contributed by atoms with E-state index in [1.807, 2.05) is 0 Å². The van der Waals surface area contributed by atoms with Crippen molar-refractivity contribution in [2.24, 2.45) is 10.9 Å². The van der Waals surface area contributed by atoms with E-state index in [1.54, 1.807) is 6.92 Å². The van der Waals surface area contributed by atoms with Gasteiger partial charge in [-0.2, -0.15) is 5.10 Å². The highest BCUT2D eigenvalue weighted by Gasteiger charge is 1.77. The van der Waals surface area contributed by atoms with E-state index in [0.717, 1.165) is 0 Å². The van der Waals surface area contributed by atoms with Gasteiger partial charge in [0, 0.05) is 0 Å². The van der Waals surface area contributed by atoms with E-state index in [1.165, 1.54) is 0 Å². The van der Waals surface area contributed by atoms with Crippen LogP contribution in [0.5, 0.6) is 0 Å². The molecule has 0 aliphatic carbocycles. The minimum atomic E-state index is -0.0451. The van der Waals surface area contributed by atoms with E-state index in [9.17, 15) is 0 Å². The molecule has 0 aromatic heterocycles. The highest BCUT2D eigenvalue weighted by atomic mass is 16.3. The maximum absolute atomic E-state index is 8.12. The van der Waals surface area contributed by atoms with Crippen molar-refractivity contribution < 1.29 is 5.11 Å². The first-order valence-corrected chi connectivity index (χ1v) is 1.65. The Hall–Kier alpha value is -0.570. The Labute approximate surface area is 36.5 Å². The van der Waals surface area contributed by atoms with Gasteiger partial charge in [0.05, 0.1) is 12.3 Å². The number of nitrogens with zero attached hydrogens (tertiary/aromatic N) is 1. The summed E-state index contributed by atoms with van der Waals surface area (Å²) in [6, 6.07) is 0. The lowest BCUT2D eigenvalue weighted by Gasteiger charge is -1.83. The lowest BCUT2D eigenvalue weighted by atomic mass is 10.5. The Morgan fingerprint density at radius 1 is 2.00 bits per heavy atom. The van der Waals surface area contributed by atoms with Gasteiger partial charge in [0.1, 0.15) is 0 Å². The van der Waals surface area contributed by atoms with E-state index < -0.39 is 0 Å². The summed E-state index contributed by atoms with van der Waals surface area (Å²) in [4.78, 5) is 0. The summed E-state index contributed by atoms with van der Waals surface area (Å²) in [6.07, 6.45) is 0. The predicted octanol–water partition coefficient (Wildman–Crippen LogP) is -0.687. The number of rotatable bonds is 1. The van der Waals surface area contributed by atoms with Gasteiger partial charge < -0.3 is 10.9 Å². The Bertz CT molecular complexity index is 59.8. The fourth-order valence-corrected chi connectivity index (χ4v) is 0.0408. The predicted molar refractivity (Wildman–Crippen MR) is 24.4 cm³/mol. The smallest absolute Gasteiger partial charge is 0.0828 e. The molecule has 0 amide bonds. The van der Waals surface area contributed by atoms with Gasteiger partial charge in [0.2, 0.25) is 0 Å². The first kappa shape index (κ1) is 5.43. The summed E-state index contributed by atoms with van der Waals surface area (Å²) in [5.41, 5.74) is 0.551. The van der Waals surface area contributed by atoms with E-state index in [4.69, 9.17) is 10.9 Å². The normalized spacial score (nSPS) is 12.0. The molecule has 0 radical (unpaired) electrons. The minimum absolute atomic E-state index is 0.0451. The lowest BCUT2D eigenvalue weighted by Crippen LogP contribution is -2.00. The Balaban J connectivity index is 3.22. The van der Waals surface area contributed by atoms with Crippen LogP contribution in [0.15, 0.2) is 5.10 Å². The molecule has 6 heavy (non-hydrogen) atoms. The van der Waals surface area contributed by atoms with Crippen LogP contribution in [0.1, 0.15) is 6.92 Å². The molecule has 0 saturated heterocycles. The molecule has 0 aliphatic rings. The molecular formula is C3H8N2O. The van der Waals surface area contributed by atoms with Crippen LogP contribution < -0.4 is 5.84 Å². The van der Waals surface area contributed by atoms with Crippen molar-refractivity contribution >= 4 is 5.71 Å². The van der Waals surface area contributed by atoms with Crippen molar-refractivity contribution in [2.75, 3.05) is 6.61 Å². The molecule has 0 heterocycles. The highest BCUT2D eigenvalue weighted by molar-refractivity contribution is 5.82. The standard InChI is InChI=1S/C3H8N2O/c1-3(2-6)5-4/h6H,2,4H2,1H3/b5-3-. The molecule has 0 rings (SSSR count). The Morgan fingerprint density at radius 2 is 2.50 bits per heavy atom. The van der Waals surface area contributed by atoms with Crippen molar-refractivity contribution in [1.82, 2.24) is 0 Å². The van der Waals surface area contributed by atoms with Crippen LogP contribution in [0.4, 0.5) is 0 Å². The Morgan fingerprint density at radius 3 is 2.50 bits per heavy atom. The van der Waals surface area contributed by atoms with E-state index in [-0.39, 0.29) is 6.61 Å². The maximum atomic E-state index is 8.12. The van der Waals surface area contributed by atoms with Crippen molar-refractivity contribution in [3.63, 3.8) is 0 Å². The summed E-state index contributed by atoms with van der Waals surface area (Å²) in [5, 5.41) is 11.3. The van der Waals surface area contributed by atoms with Gasteiger partial charge >= 0.3 is 0 Å². The van der Waals surface area contributed by atoms with Crippen LogP contribution >= 0.6 is 0 Å². The van der Waals surface area contributed by atoms with Gasteiger partial charge in [-0.25, -0.2) is 0 Å². The second-order valence-corrected chi connectivity index (χ2v) is 1.02. The number of nitrogens with two attached hydrogens (primary N) is 1. The first-order valence-electron chi connectivity index (χ1n) is 1.65. The molecule has 0 saturated carbocycles. The van der Waals surface area contributed by atoms with Gasteiger partial charge in [-0.1, -0.05) is 0 Å². The zero-order valence-electron chi connectivity index (χ0n) is 3.68. The monoisotopic (exact) mass is 88.1 g/mol. The first-order chi connectivity index (χ1) is 2.81. The second kappa shape index (κ2) is 2.66. The molecule has 0 spiro atoms. The number of hydrogen-bond donors (Lipinski definition) is 2. The molecule has 0 atom stereocenters. The van der Waals surface area contributed by atoms with Crippen LogP contribution in [-0.4, -0.2) is 17.4 Å². The summed E-state index contributed by atoms with van der Waals surface area (Å²) in [7, 11) is 0. The molecule has 0 unspecified atom stereocenters. The van der Waals surface area contributed by atoms with Crippen molar-refractivity contribution in [3.05, 3.63) is 0 Å². The molecule has 36 valence electrons.